The molecule has 2 unspecified atom stereocenters. The quantitative estimate of drug-likeness (QED) is 0.682. The first-order chi connectivity index (χ1) is 9.55. The average Bonchev–Trinajstić information content (AvgIpc) is 2.45. The molecule has 20 heavy (non-hydrogen) atoms. The third-order valence-electron chi connectivity index (χ3n) is 4.11. The molecular formula is C14H30N2O3S. The summed E-state index contributed by atoms with van der Waals surface area (Å²) in [6, 6.07) is 0. The van der Waals surface area contributed by atoms with E-state index in [1.54, 1.807) is 0 Å². The number of nitrogens with one attached hydrogen (secondary N) is 1. The summed E-state index contributed by atoms with van der Waals surface area (Å²) < 4.78 is 28.9. The van der Waals surface area contributed by atoms with Crippen LogP contribution in [0.2, 0.25) is 0 Å². The normalized spacial score (nSPS) is 24.2. The van der Waals surface area contributed by atoms with Gasteiger partial charge < -0.3 is 5.11 Å². The number of hydrogen-bond donors (Lipinski definition) is 2. The fourth-order valence-electron chi connectivity index (χ4n) is 2.95. The molecule has 1 fully saturated rings. The van der Waals surface area contributed by atoms with Gasteiger partial charge in [0.05, 0.1) is 0 Å². The van der Waals surface area contributed by atoms with E-state index in [0.29, 0.717) is 19.6 Å². The molecule has 120 valence electrons. The molecule has 0 aromatic carbocycles. The first-order valence-corrected chi connectivity index (χ1v) is 9.34. The monoisotopic (exact) mass is 306 g/mol. The molecule has 0 bridgehead atoms. The van der Waals surface area contributed by atoms with Crippen molar-refractivity contribution in [1.82, 2.24) is 9.03 Å². The molecule has 1 saturated carbocycles. The summed E-state index contributed by atoms with van der Waals surface area (Å²) in [6.07, 6.45) is 5.95. The van der Waals surface area contributed by atoms with Gasteiger partial charge in [0.25, 0.3) is 10.2 Å². The van der Waals surface area contributed by atoms with E-state index in [1.165, 1.54) is 4.31 Å². The summed E-state index contributed by atoms with van der Waals surface area (Å²) in [4.78, 5) is 0. The smallest absolute Gasteiger partial charge is 0.279 e. The molecule has 0 aromatic rings. The Bertz CT molecular complexity index is 353. The van der Waals surface area contributed by atoms with E-state index in [0.717, 1.165) is 38.5 Å². The van der Waals surface area contributed by atoms with Crippen molar-refractivity contribution in [1.29, 1.82) is 0 Å². The van der Waals surface area contributed by atoms with Crippen molar-refractivity contribution in [2.45, 2.75) is 52.4 Å². The van der Waals surface area contributed by atoms with Crippen molar-refractivity contribution >= 4 is 10.2 Å². The first-order valence-electron chi connectivity index (χ1n) is 7.90. The van der Waals surface area contributed by atoms with Crippen molar-refractivity contribution in [3.63, 3.8) is 0 Å². The van der Waals surface area contributed by atoms with Crippen molar-refractivity contribution in [3.05, 3.63) is 0 Å². The van der Waals surface area contributed by atoms with Crippen LogP contribution in [0, 0.1) is 11.8 Å². The highest BCUT2D eigenvalue weighted by Gasteiger charge is 2.27. The minimum absolute atomic E-state index is 0.167. The minimum atomic E-state index is -3.38. The highest BCUT2D eigenvalue weighted by Crippen LogP contribution is 2.29. The van der Waals surface area contributed by atoms with Gasteiger partial charge in [0.15, 0.2) is 0 Å². The summed E-state index contributed by atoms with van der Waals surface area (Å²) >= 11 is 0. The lowest BCUT2D eigenvalue weighted by Gasteiger charge is -2.31. The van der Waals surface area contributed by atoms with Gasteiger partial charge in [0.1, 0.15) is 0 Å². The number of nitrogens with zero attached hydrogens (tertiary/aromatic N) is 1. The predicted molar refractivity (Wildman–Crippen MR) is 81.6 cm³/mol. The van der Waals surface area contributed by atoms with Crippen LogP contribution in [-0.2, 0) is 10.2 Å². The second kappa shape index (κ2) is 8.97. The van der Waals surface area contributed by atoms with Crippen LogP contribution in [-0.4, -0.2) is 44.1 Å². The Kier molecular flexibility index (Phi) is 8.02. The van der Waals surface area contributed by atoms with Gasteiger partial charge in [-0.1, -0.05) is 26.7 Å². The molecule has 0 radical (unpaired) electrons. The van der Waals surface area contributed by atoms with E-state index in [2.05, 4.69) is 4.72 Å². The summed E-state index contributed by atoms with van der Waals surface area (Å²) in [5.74, 6) is 0.519. The Morgan fingerprint density at radius 2 is 1.65 bits per heavy atom. The maximum Gasteiger partial charge on any atom is 0.279 e. The van der Waals surface area contributed by atoms with Crippen LogP contribution in [0.25, 0.3) is 0 Å². The van der Waals surface area contributed by atoms with Crippen molar-refractivity contribution in [3.8, 4) is 0 Å². The number of aliphatic hydroxyl groups excluding tert-OH is 1. The lowest BCUT2D eigenvalue weighted by Crippen LogP contribution is -2.44. The van der Waals surface area contributed by atoms with Crippen LogP contribution in [0.3, 0.4) is 0 Å². The average molecular weight is 306 g/mol. The fourth-order valence-corrected chi connectivity index (χ4v) is 4.40. The third kappa shape index (κ3) is 5.31. The molecule has 1 rings (SSSR count). The molecule has 6 heteroatoms. The molecule has 5 nitrogen and oxygen atoms in total. The Morgan fingerprint density at radius 1 is 1.10 bits per heavy atom. The van der Waals surface area contributed by atoms with Gasteiger partial charge in [-0.2, -0.15) is 12.7 Å². The molecule has 0 heterocycles. The fraction of sp³-hybridized carbons (Fsp3) is 1.00. The van der Waals surface area contributed by atoms with Gasteiger partial charge in [-0.05, 0) is 37.5 Å². The molecule has 0 saturated heterocycles. The lowest BCUT2D eigenvalue weighted by atomic mass is 9.80. The summed E-state index contributed by atoms with van der Waals surface area (Å²) in [5.41, 5.74) is 0. The molecular weight excluding hydrogens is 276 g/mol. The van der Waals surface area contributed by atoms with Gasteiger partial charge in [0, 0.05) is 26.2 Å². The van der Waals surface area contributed by atoms with Crippen LogP contribution in [0.4, 0.5) is 0 Å². The lowest BCUT2D eigenvalue weighted by molar-refractivity contribution is 0.136. The molecule has 0 spiro atoms. The van der Waals surface area contributed by atoms with Crippen molar-refractivity contribution in [2.75, 3.05) is 26.2 Å². The van der Waals surface area contributed by atoms with Crippen LogP contribution in [0.5, 0.6) is 0 Å². The van der Waals surface area contributed by atoms with Crippen LogP contribution in [0.1, 0.15) is 52.4 Å². The van der Waals surface area contributed by atoms with Crippen LogP contribution in [0.15, 0.2) is 0 Å². The van der Waals surface area contributed by atoms with E-state index >= 15 is 0 Å². The molecule has 0 aromatic heterocycles. The van der Waals surface area contributed by atoms with Crippen molar-refractivity contribution < 1.29 is 13.5 Å². The number of aliphatic hydroxyl groups is 1. The second-order valence-corrected chi connectivity index (χ2v) is 7.49. The van der Waals surface area contributed by atoms with E-state index in [4.69, 9.17) is 0 Å². The van der Waals surface area contributed by atoms with Gasteiger partial charge in [0.2, 0.25) is 0 Å². The Morgan fingerprint density at radius 3 is 2.15 bits per heavy atom. The molecule has 1 aliphatic rings. The van der Waals surface area contributed by atoms with Gasteiger partial charge >= 0.3 is 0 Å². The minimum Gasteiger partial charge on any atom is -0.396 e. The highest BCUT2D eigenvalue weighted by molar-refractivity contribution is 7.87. The van der Waals surface area contributed by atoms with Crippen LogP contribution < -0.4 is 4.72 Å². The van der Waals surface area contributed by atoms with E-state index in [1.807, 2.05) is 13.8 Å². The number of rotatable bonds is 9. The van der Waals surface area contributed by atoms with Crippen molar-refractivity contribution in [2.24, 2.45) is 11.8 Å². The third-order valence-corrected chi connectivity index (χ3v) is 5.69. The standard InChI is InChI=1S/C14H30N2O3S/c1-3-9-16(10-4-2)20(18,19)15-11-13-7-5-6-8-14(13)12-17/h13-15,17H,3-12H2,1-2H3. The Balaban J connectivity index is 2.56. The Hall–Kier alpha value is -0.170. The molecule has 1 aliphatic carbocycles. The molecule has 0 aliphatic heterocycles. The van der Waals surface area contributed by atoms with E-state index in [-0.39, 0.29) is 18.4 Å². The molecule has 0 amide bonds. The highest BCUT2D eigenvalue weighted by atomic mass is 32.2. The maximum absolute atomic E-state index is 12.3. The first kappa shape index (κ1) is 17.9. The van der Waals surface area contributed by atoms with Gasteiger partial charge in [-0.25, -0.2) is 4.72 Å². The number of hydrogen-bond acceptors (Lipinski definition) is 3. The van der Waals surface area contributed by atoms with E-state index in [9.17, 15) is 13.5 Å². The Labute approximate surface area is 123 Å². The maximum atomic E-state index is 12.3. The summed E-state index contributed by atoms with van der Waals surface area (Å²) in [5, 5.41) is 9.38. The predicted octanol–water partition coefficient (Wildman–Crippen LogP) is 1.74. The van der Waals surface area contributed by atoms with E-state index < -0.39 is 10.2 Å². The summed E-state index contributed by atoms with van der Waals surface area (Å²) in [7, 11) is -3.38. The zero-order valence-electron chi connectivity index (χ0n) is 12.8. The topological polar surface area (TPSA) is 69.6 Å². The van der Waals surface area contributed by atoms with Gasteiger partial charge in [-0.15, -0.1) is 0 Å². The van der Waals surface area contributed by atoms with Crippen LogP contribution >= 0.6 is 0 Å². The summed E-state index contributed by atoms with van der Waals surface area (Å²) in [6.45, 7) is 5.73. The molecule has 2 atom stereocenters. The molecule has 2 N–H and O–H groups in total. The zero-order chi connectivity index (χ0) is 15.0. The van der Waals surface area contributed by atoms with Gasteiger partial charge in [-0.3, -0.25) is 0 Å². The second-order valence-electron chi connectivity index (χ2n) is 5.74. The SMILES string of the molecule is CCCN(CCC)S(=O)(=O)NCC1CCCCC1CO. The zero-order valence-corrected chi connectivity index (χ0v) is 13.7. The largest absolute Gasteiger partial charge is 0.396 e.